The number of carbonyl (C=O) groups is 2. The minimum atomic E-state index is -1.23. The van der Waals surface area contributed by atoms with Crippen molar-refractivity contribution in [1.29, 1.82) is 0 Å². The Hall–Kier alpha value is -2.41. The lowest BCUT2D eigenvalue weighted by molar-refractivity contribution is -0.139. The molecule has 0 aliphatic carbocycles. The number of amides is 1. The van der Waals surface area contributed by atoms with E-state index in [1.807, 2.05) is 6.07 Å². The van der Waals surface area contributed by atoms with Crippen LogP contribution in [-0.2, 0) is 22.6 Å². The Bertz CT molecular complexity index is 724. The van der Waals surface area contributed by atoms with Crippen molar-refractivity contribution in [3.8, 4) is 0 Å². The lowest BCUT2D eigenvalue weighted by Gasteiger charge is -2.15. The van der Waals surface area contributed by atoms with Crippen LogP contribution in [0, 0.1) is 5.82 Å². The Balaban J connectivity index is 1.96. The predicted molar refractivity (Wildman–Crippen MR) is 89.0 cm³/mol. The van der Waals surface area contributed by atoms with E-state index in [0.29, 0.717) is 5.56 Å². The van der Waals surface area contributed by atoms with Crippen LogP contribution >= 0.6 is 15.9 Å². The van der Waals surface area contributed by atoms with Crippen molar-refractivity contribution in [2.45, 2.75) is 19.1 Å². The molecule has 0 aliphatic rings. The molecule has 0 bridgehead atoms. The molecule has 126 valence electrons. The molecule has 1 atom stereocenters. The van der Waals surface area contributed by atoms with Gasteiger partial charge in [0.05, 0.1) is 4.47 Å². The summed E-state index contributed by atoms with van der Waals surface area (Å²) in [6.45, 7) is 0.0304. The Kier molecular flexibility index (Phi) is 6.31. The number of benzene rings is 2. The topological polar surface area (TPSA) is 75.6 Å². The van der Waals surface area contributed by atoms with E-state index in [1.165, 1.54) is 12.1 Å². The molecule has 0 aliphatic heterocycles. The quantitative estimate of drug-likeness (QED) is 0.784. The summed E-state index contributed by atoms with van der Waals surface area (Å²) in [5.74, 6) is -1.73. The van der Waals surface area contributed by atoms with Gasteiger partial charge in [-0.25, -0.2) is 14.0 Å². The lowest BCUT2D eigenvalue weighted by Crippen LogP contribution is -2.42. The number of aliphatic carboxylic acids is 1. The van der Waals surface area contributed by atoms with E-state index in [0.717, 1.165) is 5.56 Å². The molecule has 5 nitrogen and oxygen atoms in total. The average molecular weight is 396 g/mol. The lowest BCUT2D eigenvalue weighted by atomic mass is 10.1. The van der Waals surface area contributed by atoms with Gasteiger partial charge in [-0.15, -0.1) is 0 Å². The fourth-order valence-corrected chi connectivity index (χ4v) is 2.46. The van der Waals surface area contributed by atoms with Gasteiger partial charge >= 0.3 is 12.1 Å². The number of nitrogens with one attached hydrogen (secondary N) is 1. The highest BCUT2D eigenvalue weighted by molar-refractivity contribution is 9.10. The van der Waals surface area contributed by atoms with Crippen LogP contribution in [0.1, 0.15) is 11.1 Å². The summed E-state index contributed by atoms with van der Waals surface area (Å²) in [5, 5.41) is 11.5. The molecular formula is C17H15BrFNO4. The standard InChI is InChI=1S/C17H15BrFNO4/c18-15-12(7-4-8-13(15)19)9-14(16(21)22)20-17(23)24-10-11-5-2-1-3-6-11/h1-8,14H,9-10H2,(H,20,23)(H,21,22)/t14-/m1/s1. The number of hydrogen-bond acceptors (Lipinski definition) is 3. The molecular weight excluding hydrogens is 381 g/mol. The SMILES string of the molecule is O=C(N[C@H](Cc1cccc(F)c1Br)C(=O)O)OCc1ccccc1. The third kappa shape index (κ3) is 5.06. The van der Waals surface area contributed by atoms with Gasteiger partial charge in [0.1, 0.15) is 18.5 Å². The van der Waals surface area contributed by atoms with E-state index in [1.54, 1.807) is 30.3 Å². The number of hydrogen-bond donors (Lipinski definition) is 2. The first-order valence-corrected chi connectivity index (χ1v) is 7.89. The highest BCUT2D eigenvalue weighted by Gasteiger charge is 2.22. The molecule has 0 aromatic heterocycles. The van der Waals surface area contributed by atoms with E-state index in [2.05, 4.69) is 21.2 Å². The molecule has 2 rings (SSSR count). The third-order valence-corrected chi connectivity index (χ3v) is 4.15. The van der Waals surface area contributed by atoms with Crippen molar-refractivity contribution in [2.75, 3.05) is 0 Å². The second-order valence-electron chi connectivity index (χ2n) is 5.01. The van der Waals surface area contributed by atoms with E-state index in [9.17, 15) is 19.1 Å². The van der Waals surface area contributed by atoms with Crippen LogP contribution < -0.4 is 5.32 Å². The first kappa shape index (κ1) is 17.9. The largest absolute Gasteiger partial charge is 0.480 e. The van der Waals surface area contributed by atoms with Gasteiger partial charge in [-0.1, -0.05) is 42.5 Å². The number of carboxylic acid groups (broad SMARTS) is 1. The fourth-order valence-electron chi connectivity index (χ4n) is 2.03. The summed E-state index contributed by atoms with van der Waals surface area (Å²) in [6, 6.07) is 12.1. The van der Waals surface area contributed by atoms with Gasteiger partial charge in [-0.2, -0.15) is 0 Å². The highest BCUT2D eigenvalue weighted by atomic mass is 79.9. The van der Waals surface area contributed by atoms with Gasteiger partial charge < -0.3 is 15.2 Å². The number of rotatable bonds is 6. The van der Waals surface area contributed by atoms with Crippen LogP contribution in [0.15, 0.2) is 53.0 Å². The molecule has 0 unspecified atom stereocenters. The second-order valence-corrected chi connectivity index (χ2v) is 5.81. The minimum absolute atomic E-state index is 0.0304. The molecule has 0 heterocycles. The molecule has 2 N–H and O–H groups in total. The van der Waals surface area contributed by atoms with Gasteiger partial charge in [-0.05, 0) is 33.1 Å². The number of alkyl carbamates (subject to hydrolysis) is 1. The van der Waals surface area contributed by atoms with Gasteiger partial charge in [0, 0.05) is 6.42 Å². The van der Waals surface area contributed by atoms with E-state index >= 15 is 0 Å². The summed E-state index contributed by atoms with van der Waals surface area (Å²) in [5.41, 5.74) is 1.22. The smallest absolute Gasteiger partial charge is 0.408 e. The molecule has 0 radical (unpaired) electrons. The van der Waals surface area contributed by atoms with Gasteiger partial charge in [-0.3, -0.25) is 0 Å². The van der Waals surface area contributed by atoms with Crippen molar-refractivity contribution < 1.29 is 23.8 Å². The Morgan fingerprint density at radius 1 is 1.17 bits per heavy atom. The minimum Gasteiger partial charge on any atom is -0.480 e. The molecule has 2 aromatic rings. The van der Waals surface area contributed by atoms with Crippen molar-refractivity contribution in [3.05, 3.63) is 69.9 Å². The zero-order valence-electron chi connectivity index (χ0n) is 12.5. The van der Waals surface area contributed by atoms with Crippen LogP contribution in [0.5, 0.6) is 0 Å². The zero-order valence-corrected chi connectivity index (χ0v) is 14.1. The normalized spacial score (nSPS) is 11.6. The van der Waals surface area contributed by atoms with Gasteiger partial charge in [0.25, 0.3) is 0 Å². The average Bonchev–Trinajstić information content (AvgIpc) is 2.57. The maximum absolute atomic E-state index is 13.5. The first-order chi connectivity index (χ1) is 11.5. The predicted octanol–water partition coefficient (Wildman–Crippen LogP) is 3.51. The summed E-state index contributed by atoms with van der Waals surface area (Å²) in [6.07, 6.45) is -0.924. The van der Waals surface area contributed by atoms with Crippen molar-refractivity contribution >= 4 is 28.0 Å². The van der Waals surface area contributed by atoms with Crippen LogP contribution in [-0.4, -0.2) is 23.2 Å². The van der Waals surface area contributed by atoms with Gasteiger partial charge in [0.2, 0.25) is 0 Å². The number of ether oxygens (including phenoxy) is 1. The summed E-state index contributed by atoms with van der Waals surface area (Å²) >= 11 is 3.07. The number of carbonyl (C=O) groups excluding carboxylic acids is 1. The van der Waals surface area contributed by atoms with Crippen LogP contribution in [0.3, 0.4) is 0 Å². The van der Waals surface area contributed by atoms with Crippen LogP contribution in [0.2, 0.25) is 0 Å². The summed E-state index contributed by atoms with van der Waals surface area (Å²) in [7, 11) is 0. The Morgan fingerprint density at radius 3 is 2.54 bits per heavy atom. The molecule has 0 spiro atoms. The second kappa shape index (κ2) is 8.44. The van der Waals surface area contributed by atoms with Gasteiger partial charge in [0.15, 0.2) is 0 Å². The fraction of sp³-hybridized carbons (Fsp3) is 0.176. The van der Waals surface area contributed by atoms with E-state index in [4.69, 9.17) is 4.74 Å². The maximum atomic E-state index is 13.5. The monoisotopic (exact) mass is 395 g/mol. The number of carboxylic acids is 1. The van der Waals surface area contributed by atoms with E-state index in [-0.39, 0.29) is 17.5 Å². The highest BCUT2D eigenvalue weighted by Crippen LogP contribution is 2.21. The van der Waals surface area contributed by atoms with Crippen molar-refractivity contribution in [3.63, 3.8) is 0 Å². The summed E-state index contributed by atoms with van der Waals surface area (Å²) < 4.78 is 18.7. The van der Waals surface area contributed by atoms with Crippen molar-refractivity contribution in [1.82, 2.24) is 5.32 Å². The third-order valence-electron chi connectivity index (χ3n) is 3.26. The zero-order chi connectivity index (χ0) is 17.5. The molecule has 2 aromatic carbocycles. The molecule has 1 amide bonds. The first-order valence-electron chi connectivity index (χ1n) is 7.10. The molecule has 7 heteroatoms. The summed E-state index contributed by atoms with van der Waals surface area (Å²) in [4.78, 5) is 23.1. The maximum Gasteiger partial charge on any atom is 0.408 e. The Morgan fingerprint density at radius 2 is 1.88 bits per heavy atom. The molecule has 0 saturated heterocycles. The number of halogens is 2. The van der Waals surface area contributed by atoms with E-state index < -0.39 is 23.9 Å². The molecule has 0 saturated carbocycles. The Labute approximate surface area is 146 Å². The molecule has 0 fully saturated rings. The van der Waals surface area contributed by atoms with Crippen molar-refractivity contribution in [2.24, 2.45) is 0 Å². The molecule has 24 heavy (non-hydrogen) atoms. The van der Waals surface area contributed by atoms with Crippen LogP contribution in [0.25, 0.3) is 0 Å². The van der Waals surface area contributed by atoms with Crippen LogP contribution in [0.4, 0.5) is 9.18 Å².